The average molecular weight is 435 g/mol. The number of nitrogens with zero attached hydrogens (tertiary/aromatic N) is 1. The molecule has 0 aromatic heterocycles. The minimum atomic E-state index is -0.622. The molecule has 2 aromatic carbocycles. The summed E-state index contributed by atoms with van der Waals surface area (Å²) in [5, 5.41) is 2.85. The number of halogens is 2. The first-order valence-corrected chi connectivity index (χ1v) is 11.2. The summed E-state index contributed by atoms with van der Waals surface area (Å²) < 4.78 is 27.1. The van der Waals surface area contributed by atoms with Crippen molar-refractivity contribution in [2.75, 3.05) is 12.3 Å². The van der Waals surface area contributed by atoms with E-state index in [9.17, 15) is 18.4 Å². The molecule has 2 amide bonds. The van der Waals surface area contributed by atoms with Crippen LogP contribution in [0.15, 0.2) is 48.5 Å². The molecular weight excluding hydrogens is 406 g/mol. The SMILES string of the molecule is CCCNC(=O)[C@H](CC)N(Cc1ccc(F)cc1)C(=O)CSCc1ccccc1F. The lowest BCUT2D eigenvalue weighted by Gasteiger charge is -2.30. The normalized spacial score (nSPS) is 11.7. The molecule has 0 aliphatic rings. The zero-order valence-corrected chi connectivity index (χ0v) is 18.2. The molecule has 0 fully saturated rings. The van der Waals surface area contributed by atoms with Gasteiger partial charge in [-0.25, -0.2) is 8.78 Å². The number of nitrogens with one attached hydrogen (secondary N) is 1. The lowest BCUT2D eigenvalue weighted by molar-refractivity contribution is -0.139. The molecule has 0 unspecified atom stereocenters. The summed E-state index contributed by atoms with van der Waals surface area (Å²) in [7, 11) is 0. The summed E-state index contributed by atoms with van der Waals surface area (Å²) in [6.45, 7) is 4.56. The molecule has 2 aromatic rings. The van der Waals surface area contributed by atoms with E-state index >= 15 is 0 Å². The van der Waals surface area contributed by atoms with Gasteiger partial charge in [0, 0.05) is 18.8 Å². The van der Waals surface area contributed by atoms with Crippen molar-refractivity contribution in [2.45, 2.75) is 45.0 Å². The largest absolute Gasteiger partial charge is 0.354 e. The fourth-order valence-electron chi connectivity index (χ4n) is 3.02. The Hall–Kier alpha value is -2.41. The maximum atomic E-state index is 13.8. The van der Waals surface area contributed by atoms with Crippen LogP contribution in [0.2, 0.25) is 0 Å². The van der Waals surface area contributed by atoms with Crippen molar-refractivity contribution in [2.24, 2.45) is 0 Å². The van der Waals surface area contributed by atoms with Gasteiger partial charge in [0.1, 0.15) is 17.7 Å². The zero-order valence-electron chi connectivity index (χ0n) is 17.4. The van der Waals surface area contributed by atoms with Crippen LogP contribution < -0.4 is 5.32 Å². The van der Waals surface area contributed by atoms with Crippen LogP contribution in [0, 0.1) is 11.6 Å². The quantitative estimate of drug-likeness (QED) is 0.565. The number of amides is 2. The molecule has 0 spiro atoms. The summed E-state index contributed by atoms with van der Waals surface area (Å²) in [4.78, 5) is 27.2. The van der Waals surface area contributed by atoms with Gasteiger partial charge in [-0.05, 0) is 42.2 Å². The first kappa shape index (κ1) is 23.9. The van der Waals surface area contributed by atoms with Gasteiger partial charge in [-0.2, -0.15) is 0 Å². The molecule has 4 nitrogen and oxygen atoms in total. The third-order valence-electron chi connectivity index (χ3n) is 4.64. The highest BCUT2D eigenvalue weighted by atomic mass is 32.2. The molecule has 30 heavy (non-hydrogen) atoms. The molecule has 2 rings (SSSR count). The molecule has 0 aliphatic heterocycles. The molecule has 0 aliphatic carbocycles. The van der Waals surface area contributed by atoms with Crippen molar-refractivity contribution in [1.82, 2.24) is 10.2 Å². The molecule has 0 radical (unpaired) electrons. The van der Waals surface area contributed by atoms with Gasteiger partial charge in [0.2, 0.25) is 11.8 Å². The Labute approximate surface area is 181 Å². The summed E-state index contributed by atoms with van der Waals surface area (Å²) in [5.74, 6) is -0.585. The van der Waals surface area contributed by atoms with Gasteiger partial charge in [0.15, 0.2) is 0 Å². The van der Waals surface area contributed by atoms with E-state index in [4.69, 9.17) is 0 Å². The number of benzene rings is 2. The van der Waals surface area contributed by atoms with Crippen molar-refractivity contribution in [3.63, 3.8) is 0 Å². The lowest BCUT2D eigenvalue weighted by Crippen LogP contribution is -2.49. The van der Waals surface area contributed by atoms with Crippen LogP contribution in [0.3, 0.4) is 0 Å². The molecule has 0 saturated carbocycles. The Morgan fingerprint density at radius 3 is 2.40 bits per heavy atom. The van der Waals surface area contributed by atoms with Gasteiger partial charge in [-0.1, -0.05) is 44.2 Å². The van der Waals surface area contributed by atoms with Crippen molar-refractivity contribution < 1.29 is 18.4 Å². The smallest absolute Gasteiger partial charge is 0.242 e. The molecule has 0 heterocycles. The van der Waals surface area contributed by atoms with E-state index in [0.717, 1.165) is 12.0 Å². The fourth-order valence-corrected chi connectivity index (χ4v) is 3.92. The Kier molecular flexibility index (Phi) is 9.80. The highest BCUT2D eigenvalue weighted by Crippen LogP contribution is 2.19. The molecule has 162 valence electrons. The van der Waals surface area contributed by atoms with E-state index in [1.165, 1.54) is 34.9 Å². The molecule has 7 heteroatoms. The predicted octanol–water partition coefficient (Wildman–Crippen LogP) is 4.53. The molecule has 1 atom stereocenters. The fraction of sp³-hybridized carbons (Fsp3) is 0.391. The van der Waals surface area contributed by atoms with Crippen molar-refractivity contribution in [3.05, 3.63) is 71.3 Å². The van der Waals surface area contributed by atoms with Crippen molar-refractivity contribution in [3.8, 4) is 0 Å². The summed E-state index contributed by atoms with van der Waals surface area (Å²) >= 11 is 1.30. The predicted molar refractivity (Wildman–Crippen MR) is 117 cm³/mol. The maximum absolute atomic E-state index is 13.8. The number of hydrogen-bond donors (Lipinski definition) is 1. The van der Waals surface area contributed by atoms with Gasteiger partial charge >= 0.3 is 0 Å². The third kappa shape index (κ3) is 7.13. The van der Waals surface area contributed by atoms with Crippen molar-refractivity contribution in [1.29, 1.82) is 0 Å². The van der Waals surface area contributed by atoms with Crippen LogP contribution in [0.25, 0.3) is 0 Å². The van der Waals surface area contributed by atoms with Crippen LogP contribution in [-0.4, -0.2) is 35.1 Å². The number of thioether (sulfide) groups is 1. The monoisotopic (exact) mass is 434 g/mol. The van der Waals surface area contributed by atoms with Gasteiger partial charge in [-0.3, -0.25) is 9.59 Å². The van der Waals surface area contributed by atoms with E-state index in [1.54, 1.807) is 30.3 Å². The van der Waals surface area contributed by atoms with Crippen LogP contribution in [0.5, 0.6) is 0 Å². The first-order chi connectivity index (χ1) is 14.5. The number of hydrogen-bond acceptors (Lipinski definition) is 3. The van der Waals surface area contributed by atoms with E-state index in [-0.39, 0.29) is 35.7 Å². The topological polar surface area (TPSA) is 49.4 Å². The van der Waals surface area contributed by atoms with E-state index in [1.807, 2.05) is 13.8 Å². The number of carbonyl (C=O) groups is 2. The zero-order chi connectivity index (χ0) is 21.9. The summed E-state index contributed by atoms with van der Waals surface area (Å²) in [6.07, 6.45) is 1.26. The van der Waals surface area contributed by atoms with E-state index in [2.05, 4.69) is 5.32 Å². The maximum Gasteiger partial charge on any atom is 0.242 e. The number of rotatable bonds is 11. The lowest BCUT2D eigenvalue weighted by atomic mass is 10.1. The van der Waals surface area contributed by atoms with Crippen LogP contribution in [0.1, 0.15) is 37.8 Å². The minimum Gasteiger partial charge on any atom is -0.354 e. The highest BCUT2D eigenvalue weighted by molar-refractivity contribution is 7.99. The number of carbonyl (C=O) groups excluding carboxylic acids is 2. The third-order valence-corrected chi connectivity index (χ3v) is 5.61. The summed E-state index contributed by atoms with van der Waals surface area (Å²) in [5.41, 5.74) is 1.28. The second kappa shape index (κ2) is 12.3. The summed E-state index contributed by atoms with van der Waals surface area (Å²) in [6, 6.07) is 11.7. The molecular formula is C23H28F2N2O2S. The second-order valence-corrected chi connectivity index (χ2v) is 7.93. The second-order valence-electron chi connectivity index (χ2n) is 6.95. The standard InChI is InChI=1S/C23H28F2N2O2S/c1-3-13-26-23(29)21(4-2)27(14-17-9-11-19(24)12-10-17)22(28)16-30-15-18-7-5-6-8-20(18)25/h5-12,21H,3-4,13-16H2,1-2H3,(H,26,29)/t21-/m0/s1. The van der Waals surface area contributed by atoms with Gasteiger partial charge < -0.3 is 10.2 Å². The van der Waals surface area contributed by atoms with Crippen LogP contribution in [-0.2, 0) is 21.9 Å². The molecule has 0 bridgehead atoms. The highest BCUT2D eigenvalue weighted by Gasteiger charge is 2.28. The van der Waals surface area contributed by atoms with Gasteiger partial charge in [0.05, 0.1) is 5.75 Å². The Bertz CT molecular complexity index is 830. The van der Waals surface area contributed by atoms with Gasteiger partial charge in [0.25, 0.3) is 0 Å². The van der Waals surface area contributed by atoms with E-state index in [0.29, 0.717) is 24.3 Å². The Morgan fingerprint density at radius 2 is 1.77 bits per heavy atom. The van der Waals surface area contributed by atoms with E-state index < -0.39 is 6.04 Å². The Balaban J connectivity index is 2.11. The van der Waals surface area contributed by atoms with Crippen molar-refractivity contribution >= 4 is 23.6 Å². The molecule has 0 saturated heterocycles. The minimum absolute atomic E-state index is 0.118. The average Bonchev–Trinajstić information content (AvgIpc) is 2.74. The van der Waals surface area contributed by atoms with Crippen LogP contribution >= 0.6 is 11.8 Å². The van der Waals surface area contributed by atoms with Gasteiger partial charge in [-0.15, -0.1) is 11.8 Å². The Morgan fingerprint density at radius 1 is 1.07 bits per heavy atom. The molecule has 1 N–H and O–H groups in total. The van der Waals surface area contributed by atoms with Crippen LogP contribution in [0.4, 0.5) is 8.78 Å². The first-order valence-electron chi connectivity index (χ1n) is 10.1.